The predicted octanol–water partition coefficient (Wildman–Crippen LogP) is 2.50. The molecule has 2 heterocycles. The molecule has 1 atom stereocenters. The molecule has 0 bridgehead atoms. The largest absolute Gasteiger partial charge is 0.350 e. The van der Waals surface area contributed by atoms with Gasteiger partial charge in [-0.2, -0.15) is 0 Å². The molecule has 2 aromatic heterocycles. The number of aryl methyl sites for hydroxylation is 1. The number of fused-ring (bicyclic) bond motifs is 1. The van der Waals surface area contributed by atoms with Crippen LogP contribution in [-0.4, -0.2) is 22.0 Å². The van der Waals surface area contributed by atoms with Gasteiger partial charge in [0.15, 0.2) is 0 Å². The first kappa shape index (κ1) is 13.4. The molecule has 1 unspecified atom stereocenters. The van der Waals surface area contributed by atoms with Crippen molar-refractivity contribution in [2.75, 3.05) is 6.54 Å². The summed E-state index contributed by atoms with van der Waals surface area (Å²) in [7, 11) is 0. The van der Waals surface area contributed by atoms with E-state index >= 15 is 0 Å². The maximum absolute atomic E-state index is 12.1. The minimum atomic E-state index is 0.0529. The van der Waals surface area contributed by atoms with Crippen LogP contribution in [0.15, 0.2) is 24.8 Å². The summed E-state index contributed by atoms with van der Waals surface area (Å²) < 4.78 is 1.96. The van der Waals surface area contributed by atoms with Gasteiger partial charge < -0.3 is 9.88 Å². The first-order valence-corrected chi connectivity index (χ1v) is 7.89. The number of imidazole rings is 1. The Morgan fingerprint density at radius 3 is 3.30 bits per heavy atom. The third-order valence-corrected chi connectivity index (χ3v) is 5.00. The summed E-state index contributed by atoms with van der Waals surface area (Å²) in [6.07, 6.45) is 8.90. The van der Waals surface area contributed by atoms with Gasteiger partial charge in [0.05, 0.1) is 11.2 Å². The van der Waals surface area contributed by atoms with E-state index in [9.17, 15) is 4.79 Å². The van der Waals surface area contributed by atoms with Gasteiger partial charge in [0.25, 0.3) is 5.91 Å². The Kier molecular flexibility index (Phi) is 3.87. The Bertz CT molecular complexity index is 588. The van der Waals surface area contributed by atoms with E-state index in [-0.39, 0.29) is 5.91 Å². The molecule has 0 spiro atoms. The molecule has 5 heteroatoms. The topological polar surface area (TPSA) is 46.9 Å². The second-order valence-corrected chi connectivity index (χ2v) is 6.60. The number of carbonyl (C=O) groups is 1. The van der Waals surface area contributed by atoms with E-state index < -0.39 is 0 Å². The van der Waals surface area contributed by atoms with Gasteiger partial charge >= 0.3 is 0 Å². The summed E-state index contributed by atoms with van der Waals surface area (Å²) in [5.41, 5.74) is 1.38. The van der Waals surface area contributed by atoms with Crippen molar-refractivity contribution in [3.05, 3.63) is 40.1 Å². The summed E-state index contributed by atoms with van der Waals surface area (Å²) in [6.45, 7) is 3.67. The van der Waals surface area contributed by atoms with Gasteiger partial charge in [-0.05, 0) is 36.8 Å². The van der Waals surface area contributed by atoms with Gasteiger partial charge in [-0.25, -0.2) is 4.98 Å². The number of hydrogen-bond donors (Lipinski definition) is 1. The van der Waals surface area contributed by atoms with Crippen molar-refractivity contribution in [2.45, 2.75) is 32.7 Å². The summed E-state index contributed by atoms with van der Waals surface area (Å²) >= 11 is 1.66. The monoisotopic (exact) mass is 289 g/mol. The molecule has 4 nitrogen and oxygen atoms in total. The molecular weight excluding hydrogens is 270 g/mol. The second kappa shape index (κ2) is 5.79. The highest BCUT2D eigenvalue weighted by Crippen LogP contribution is 2.32. The Labute approximate surface area is 122 Å². The van der Waals surface area contributed by atoms with Crippen molar-refractivity contribution in [3.8, 4) is 0 Å². The van der Waals surface area contributed by atoms with Gasteiger partial charge in [-0.3, -0.25) is 4.79 Å². The highest BCUT2D eigenvalue weighted by molar-refractivity contribution is 7.14. The number of nitrogens with one attached hydrogen (secondary N) is 1. The highest BCUT2D eigenvalue weighted by atomic mass is 32.1. The van der Waals surface area contributed by atoms with Crippen LogP contribution in [0.5, 0.6) is 0 Å². The molecule has 1 aliphatic carbocycles. The lowest BCUT2D eigenvalue weighted by molar-refractivity contribution is 0.0956. The van der Waals surface area contributed by atoms with Crippen LogP contribution in [0.2, 0.25) is 0 Å². The maximum Gasteiger partial charge on any atom is 0.261 e. The molecule has 1 amide bonds. The van der Waals surface area contributed by atoms with Gasteiger partial charge in [0.2, 0.25) is 0 Å². The van der Waals surface area contributed by atoms with Crippen LogP contribution in [0.1, 0.15) is 33.5 Å². The van der Waals surface area contributed by atoms with Crippen LogP contribution in [-0.2, 0) is 19.4 Å². The fraction of sp³-hybridized carbons (Fsp3) is 0.467. The van der Waals surface area contributed by atoms with Gasteiger partial charge in [-0.15, -0.1) is 11.3 Å². The number of rotatable bonds is 4. The average Bonchev–Trinajstić information content (AvgIpc) is 3.06. The zero-order valence-corrected chi connectivity index (χ0v) is 12.4. The summed E-state index contributed by atoms with van der Waals surface area (Å²) in [6, 6.07) is 2.09. The number of aromatic nitrogens is 2. The molecule has 0 fully saturated rings. The van der Waals surface area contributed by atoms with E-state index in [1.54, 1.807) is 23.9 Å². The fourth-order valence-corrected chi connectivity index (χ4v) is 3.75. The van der Waals surface area contributed by atoms with E-state index in [4.69, 9.17) is 0 Å². The SMILES string of the molecule is CC1CCc2sc(C(=O)NCCn3ccnc3)cc2C1. The number of amides is 1. The van der Waals surface area contributed by atoms with Crippen LogP contribution >= 0.6 is 11.3 Å². The molecule has 0 aliphatic heterocycles. The molecule has 0 saturated carbocycles. The maximum atomic E-state index is 12.1. The van der Waals surface area contributed by atoms with Crippen molar-refractivity contribution in [1.29, 1.82) is 0 Å². The Morgan fingerprint density at radius 2 is 2.50 bits per heavy atom. The Morgan fingerprint density at radius 1 is 1.60 bits per heavy atom. The molecule has 2 aromatic rings. The van der Waals surface area contributed by atoms with E-state index in [2.05, 4.69) is 23.3 Å². The number of nitrogens with zero attached hydrogens (tertiary/aromatic N) is 2. The number of thiophene rings is 1. The molecule has 0 radical (unpaired) electrons. The van der Waals surface area contributed by atoms with Gasteiger partial charge in [0, 0.05) is 30.4 Å². The number of carbonyl (C=O) groups excluding carboxylic acids is 1. The van der Waals surface area contributed by atoms with Crippen LogP contribution in [0.3, 0.4) is 0 Å². The molecule has 0 aromatic carbocycles. The third kappa shape index (κ3) is 2.93. The molecule has 20 heavy (non-hydrogen) atoms. The zero-order valence-electron chi connectivity index (χ0n) is 11.6. The Hall–Kier alpha value is -1.62. The van der Waals surface area contributed by atoms with Crippen molar-refractivity contribution in [2.24, 2.45) is 5.92 Å². The molecule has 106 valence electrons. The molecule has 0 saturated heterocycles. The third-order valence-electron chi connectivity index (χ3n) is 3.77. The van der Waals surface area contributed by atoms with Gasteiger partial charge in [0.1, 0.15) is 0 Å². The van der Waals surface area contributed by atoms with Crippen LogP contribution in [0.4, 0.5) is 0 Å². The highest BCUT2D eigenvalue weighted by Gasteiger charge is 2.20. The van der Waals surface area contributed by atoms with Crippen molar-refractivity contribution in [3.63, 3.8) is 0 Å². The fourth-order valence-electron chi connectivity index (χ4n) is 2.62. The molecule has 3 rings (SSSR count). The summed E-state index contributed by atoms with van der Waals surface area (Å²) in [5.74, 6) is 0.798. The lowest BCUT2D eigenvalue weighted by atomic mass is 9.90. The van der Waals surface area contributed by atoms with Crippen LogP contribution in [0.25, 0.3) is 0 Å². The number of hydrogen-bond acceptors (Lipinski definition) is 3. The minimum Gasteiger partial charge on any atom is -0.350 e. The second-order valence-electron chi connectivity index (χ2n) is 5.46. The minimum absolute atomic E-state index is 0.0529. The van der Waals surface area contributed by atoms with E-state index in [1.165, 1.54) is 16.9 Å². The Balaban J connectivity index is 1.57. The normalized spacial score (nSPS) is 17.8. The van der Waals surface area contributed by atoms with Crippen molar-refractivity contribution >= 4 is 17.2 Å². The van der Waals surface area contributed by atoms with E-state index in [0.29, 0.717) is 6.54 Å². The lowest BCUT2D eigenvalue weighted by Crippen LogP contribution is -2.26. The summed E-state index contributed by atoms with van der Waals surface area (Å²) in [5, 5.41) is 2.98. The lowest BCUT2D eigenvalue weighted by Gasteiger charge is -2.16. The molecular formula is C15H19N3OS. The smallest absolute Gasteiger partial charge is 0.261 e. The van der Waals surface area contributed by atoms with Crippen LogP contribution in [0, 0.1) is 5.92 Å². The van der Waals surface area contributed by atoms with Crippen molar-refractivity contribution < 1.29 is 4.79 Å². The molecule has 1 aliphatic rings. The first-order valence-electron chi connectivity index (χ1n) is 7.08. The summed E-state index contributed by atoms with van der Waals surface area (Å²) in [4.78, 5) is 18.4. The van der Waals surface area contributed by atoms with E-state index in [1.807, 2.05) is 10.8 Å². The van der Waals surface area contributed by atoms with Crippen LogP contribution < -0.4 is 5.32 Å². The standard InChI is InChI=1S/C15H19N3OS/c1-11-2-3-13-12(8-11)9-14(20-13)15(19)17-5-7-18-6-4-16-10-18/h4,6,9-11H,2-3,5,7-8H2,1H3,(H,17,19). The van der Waals surface area contributed by atoms with Gasteiger partial charge in [-0.1, -0.05) is 6.92 Å². The first-order chi connectivity index (χ1) is 9.72. The van der Waals surface area contributed by atoms with Crippen molar-refractivity contribution in [1.82, 2.24) is 14.9 Å². The predicted molar refractivity (Wildman–Crippen MR) is 80.1 cm³/mol. The van der Waals surface area contributed by atoms with E-state index in [0.717, 1.165) is 30.2 Å². The average molecular weight is 289 g/mol. The zero-order chi connectivity index (χ0) is 13.9. The molecule has 1 N–H and O–H groups in total. The quantitative estimate of drug-likeness (QED) is 0.940.